The van der Waals surface area contributed by atoms with E-state index in [2.05, 4.69) is 16.4 Å². The molecule has 0 saturated heterocycles. The van der Waals surface area contributed by atoms with Gasteiger partial charge in [0, 0.05) is 28.1 Å². The van der Waals surface area contributed by atoms with Crippen molar-refractivity contribution in [2.24, 2.45) is 0 Å². The SMILES string of the molecule is Cc1c(C(=O)Nc2nc(-c3ccc4ccccc4c3)cs2)cccc1[N+](=O)[O-]. The van der Waals surface area contributed by atoms with E-state index in [1.165, 1.54) is 23.5 Å². The van der Waals surface area contributed by atoms with E-state index in [4.69, 9.17) is 0 Å². The Hall–Kier alpha value is -3.58. The van der Waals surface area contributed by atoms with Gasteiger partial charge in [0.05, 0.1) is 10.6 Å². The van der Waals surface area contributed by atoms with E-state index < -0.39 is 10.8 Å². The average Bonchev–Trinajstić information content (AvgIpc) is 3.16. The number of anilines is 1. The number of carbonyl (C=O) groups excluding carboxylic acids is 1. The highest BCUT2D eigenvalue weighted by Crippen LogP contribution is 2.28. The van der Waals surface area contributed by atoms with Gasteiger partial charge in [-0.05, 0) is 29.8 Å². The van der Waals surface area contributed by atoms with Crippen molar-refractivity contribution in [2.75, 3.05) is 5.32 Å². The first-order chi connectivity index (χ1) is 13.5. The maximum atomic E-state index is 12.6. The normalized spacial score (nSPS) is 10.8. The summed E-state index contributed by atoms with van der Waals surface area (Å²) in [5, 5.41) is 18.4. The molecule has 1 amide bonds. The summed E-state index contributed by atoms with van der Waals surface area (Å²) >= 11 is 1.31. The van der Waals surface area contributed by atoms with Gasteiger partial charge < -0.3 is 0 Å². The molecule has 0 atom stereocenters. The molecule has 4 rings (SSSR count). The van der Waals surface area contributed by atoms with Crippen LogP contribution in [0.1, 0.15) is 15.9 Å². The fraction of sp³-hybridized carbons (Fsp3) is 0.0476. The monoisotopic (exact) mass is 389 g/mol. The number of fused-ring (bicyclic) bond motifs is 1. The van der Waals surface area contributed by atoms with Gasteiger partial charge in [0.15, 0.2) is 5.13 Å². The van der Waals surface area contributed by atoms with Crippen LogP contribution in [0.4, 0.5) is 10.8 Å². The maximum Gasteiger partial charge on any atom is 0.273 e. The van der Waals surface area contributed by atoms with Crippen molar-refractivity contribution in [1.29, 1.82) is 0 Å². The Morgan fingerprint density at radius 1 is 1.07 bits per heavy atom. The molecule has 0 spiro atoms. The predicted molar refractivity (Wildman–Crippen MR) is 111 cm³/mol. The zero-order chi connectivity index (χ0) is 19.7. The summed E-state index contributed by atoms with van der Waals surface area (Å²) < 4.78 is 0. The van der Waals surface area contributed by atoms with Gasteiger partial charge in [-0.3, -0.25) is 20.2 Å². The van der Waals surface area contributed by atoms with Gasteiger partial charge in [-0.1, -0.05) is 42.5 Å². The van der Waals surface area contributed by atoms with Crippen LogP contribution in [-0.4, -0.2) is 15.8 Å². The Labute approximate surface area is 164 Å². The molecule has 0 unspecified atom stereocenters. The number of hydrogen-bond donors (Lipinski definition) is 1. The minimum Gasteiger partial charge on any atom is -0.298 e. The van der Waals surface area contributed by atoms with Crippen LogP contribution in [0.15, 0.2) is 66.0 Å². The highest BCUT2D eigenvalue weighted by atomic mass is 32.1. The van der Waals surface area contributed by atoms with Crippen LogP contribution in [0.3, 0.4) is 0 Å². The summed E-state index contributed by atoms with van der Waals surface area (Å²) in [6.07, 6.45) is 0. The highest BCUT2D eigenvalue weighted by molar-refractivity contribution is 7.14. The first-order valence-corrected chi connectivity index (χ1v) is 9.41. The molecular weight excluding hydrogens is 374 g/mol. The van der Waals surface area contributed by atoms with E-state index in [1.807, 2.05) is 41.8 Å². The molecule has 6 nitrogen and oxygen atoms in total. The Morgan fingerprint density at radius 2 is 1.86 bits per heavy atom. The minimum absolute atomic E-state index is 0.0800. The van der Waals surface area contributed by atoms with Crippen LogP contribution in [0.2, 0.25) is 0 Å². The Kier molecular flexibility index (Phi) is 4.58. The van der Waals surface area contributed by atoms with Gasteiger partial charge in [0.2, 0.25) is 0 Å². The van der Waals surface area contributed by atoms with E-state index in [-0.39, 0.29) is 11.3 Å². The number of rotatable bonds is 4. The largest absolute Gasteiger partial charge is 0.298 e. The van der Waals surface area contributed by atoms with Crippen molar-refractivity contribution in [3.8, 4) is 11.3 Å². The minimum atomic E-state index is -0.493. The number of thiazole rings is 1. The molecule has 0 fully saturated rings. The first kappa shape index (κ1) is 17.8. The fourth-order valence-electron chi connectivity index (χ4n) is 3.04. The van der Waals surface area contributed by atoms with Gasteiger partial charge in [-0.25, -0.2) is 4.98 Å². The number of hydrogen-bond acceptors (Lipinski definition) is 5. The Balaban J connectivity index is 1.59. The average molecular weight is 389 g/mol. The first-order valence-electron chi connectivity index (χ1n) is 8.53. The highest BCUT2D eigenvalue weighted by Gasteiger charge is 2.19. The zero-order valence-electron chi connectivity index (χ0n) is 14.9. The molecule has 7 heteroatoms. The van der Waals surface area contributed by atoms with Crippen LogP contribution in [0.25, 0.3) is 22.0 Å². The molecule has 0 saturated carbocycles. The van der Waals surface area contributed by atoms with Crippen LogP contribution >= 0.6 is 11.3 Å². The fourth-order valence-corrected chi connectivity index (χ4v) is 3.76. The van der Waals surface area contributed by atoms with Gasteiger partial charge in [0.1, 0.15) is 0 Å². The third kappa shape index (κ3) is 3.35. The number of nitrogens with one attached hydrogen (secondary N) is 1. The second-order valence-corrected chi connectivity index (χ2v) is 7.12. The van der Waals surface area contributed by atoms with Gasteiger partial charge in [-0.15, -0.1) is 11.3 Å². The number of nitrogens with zero attached hydrogens (tertiary/aromatic N) is 2. The van der Waals surface area contributed by atoms with Crippen LogP contribution in [-0.2, 0) is 0 Å². The van der Waals surface area contributed by atoms with Crippen molar-refractivity contribution in [3.05, 3.63) is 87.3 Å². The van der Waals surface area contributed by atoms with E-state index in [9.17, 15) is 14.9 Å². The third-order valence-electron chi connectivity index (χ3n) is 4.52. The summed E-state index contributed by atoms with van der Waals surface area (Å²) in [4.78, 5) is 27.6. The predicted octanol–water partition coefficient (Wildman–Crippen LogP) is 5.43. The van der Waals surface area contributed by atoms with Crippen molar-refractivity contribution < 1.29 is 9.72 Å². The molecule has 0 aliphatic carbocycles. The second kappa shape index (κ2) is 7.21. The molecule has 4 aromatic rings. The lowest BCUT2D eigenvalue weighted by Gasteiger charge is -2.05. The van der Waals surface area contributed by atoms with Crippen LogP contribution in [0, 0.1) is 17.0 Å². The molecule has 138 valence electrons. The summed E-state index contributed by atoms with van der Waals surface area (Å²) in [6.45, 7) is 1.56. The van der Waals surface area contributed by atoms with E-state index in [0.29, 0.717) is 10.7 Å². The third-order valence-corrected chi connectivity index (χ3v) is 5.27. The lowest BCUT2D eigenvalue weighted by molar-refractivity contribution is -0.385. The number of amides is 1. The molecule has 3 aromatic carbocycles. The second-order valence-electron chi connectivity index (χ2n) is 6.26. The lowest BCUT2D eigenvalue weighted by atomic mass is 10.1. The van der Waals surface area contributed by atoms with Crippen molar-refractivity contribution in [2.45, 2.75) is 6.92 Å². The van der Waals surface area contributed by atoms with Gasteiger partial charge >= 0.3 is 0 Å². The zero-order valence-corrected chi connectivity index (χ0v) is 15.7. The Bertz CT molecular complexity index is 1220. The summed E-state index contributed by atoms with van der Waals surface area (Å²) in [5.74, 6) is -0.416. The van der Waals surface area contributed by atoms with Crippen molar-refractivity contribution in [1.82, 2.24) is 4.98 Å². The molecule has 0 bridgehead atoms. The van der Waals surface area contributed by atoms with Crippen LogP contribution < -0.4 is 5.32 Å². The molecule has 1 N–H and O–H groups in total. The summed E-state index contributed by atoms with van der Waals surface area (Å²) in [5.41, 5.74) is 2.24. The molecule has 0 radical (unpaired) electrons. The molecular formula is C21H15N3O3S. The summed E-state index contributed by atoms with van der Waals surface area (Å²) in [7, 11) is 0. The topological polar surface area (TPSA) is 85.1 Å². The van der Waals surface area contributed by atoms with Gasteiger partial charge in [0.25, 0.3) is 11.6 Å². The van der Waals surface area contributed by atoms with Crippen LogP contribution in [0.5, 0.6) is 0 Å². The number of benzene rings is 3. The van der Waals surface area contributed by atoms with E-state index in [1.54, 1.807) is 13.0 Å². The molecule has 0 aliphatic rings. The van der Waals surface area contributed by atoms with E-state index >= 15 is 0 Å². The number of nitro benzene ring substituents is 1. The van der Waals surface area contributed by atoms with Crippen molar-refractivity contribution >= 4 is 38.8 Å². The Morgan fingerprint density at radius 3 is 2.64 bits per heavy atom. The molecule has 0 aliphatic heterocycles. The summed E-state index contributed by atoms with van der Waals surface area (Å²) in [6, 6.07) is 18.6. The van der Waals surface area contributed by atoms with Gasteiger partial charge in [-0.2, -0.15) is 0 Å². The van der Waals surface area contributed by atoms with Crippen molar-refractivity contribution in [3.63, 3.8) is 0 Å². The number of carbonyl (C=O) groups is 1. The molecule has 28 heavy (non-hydrogen) atoms. The number of nitro groups is 1. The smallest absolute Gasteiger partial charge is 0.273 e. The molecule has 1 aromatic heterocycles. The molecule has 1 heterocycles. The maximum absolute atomic E-state index is 12.6. The quantitative estimate of drug-likeness (QED) is 0.372. The number of aromatic nitrogens is 1. The van der Waals surface area contributed by atoms with E-state index in [0.717, 1.165) is 22.0 Å². The standard InChI is InChI=1S/C21H15N3O3S/c1-13-17(7-4-8-19(13)24(26)27)20(25)23-21-22-18(12-28-21)16-10-9-14-5-2-3-6-15(14)11-16/h2-12H,1H3,(H,22,23,25). The lowest BCUT2D eigenvalue weighted by Crippen LogP contribution is -2.14.